The first kappa shape index (κ1) is 10.7. The second-order valence-electron chi connectivity index (χ2n) is 3.84. The normalized spacial score (nSPS) is 12.4. The number of rotatable bonds is 4. The molecule has 16 heavy (non-hydrogen) atoms. The summed E-state index contributed by atoms with van der Waals surface area (Å²) < 4.78 is 1.74. The number of hydrogen-bond donors (Lipinski definition) is 1. The Bertz CT molecular complexity index is 419. The highest BCUT2D eigenvalue weighted by atomic mass is 15.3. The molecule has 0 saturated carbocycles. The average Bonchev–Trinajstić information content (AvgIpc) is 2.83. The van der Waals surface area contributed by atoms with Crippen LogP contribution in [0, 0.1) is 0 Å². The Morgan fingerprint density at radius 1 is 1.31 bits per heavy atom. The quantitative estimate of drug-likeness (QED) is 0.853. The minimum absolute atomic E-state index is 0.497. The molecular formula is C12H16N4. The monoisotopic (exact) mass is 216 g/mol. The van der Waals surface area contributed by atoms with E-state index in [0.29, 0.717) is 6.04 Å². The molecule has 0 aliphatic carbocycles. The molecule has 0 fully saturated rings. The Balaban J connectivity index is 2.11. The Morgan fingerprint density at radius 2 is 2.06 bits per heavy atom. The van der Waals surface area contributed by atoms with Gasteiger partial charge in [-0.15, -0.1) is 0 Å². The summed E-state index contributed by atoms with van der Waals surface area (Å²) >= 11 is 0. The molecule has 0 saturated heterocycles. The number of nitrogens with one attached hydrogen (secondary N) is 1. The van der Waals surface area contributed by atoms with Gasteiger partial charge in [0.1, 0.15) is 12.7 Å². The minimum Gasteiger partial charge on any atom is -0.383 e. The zero-order chi connectivity index (χ0) is 11.4. The van der Waals surface area contributed by atoms with E-state index in [4.69, 9.17) is 0 Å². The number of anilines is 1. The van der Waals surface area contributed by atoms with Crippen LogP contribution in [0.25, 0.3) is 5.69 Å². The van der Waals surface area contributed by atoms with E-state index in [2.05, 4.69) is 41.4 Å². The summed E-state index contributed by atoms with van der Waals surface area (Å²) in [5.41, 5.74) is 2.16. The fourth-order valence-corrected chi connectivity index (χ4v) is 1.44. The van der Waals surface area contributed by atoms with E-state index in [0.717, 1.165) is 17.8 Å². The highest BCUT2D eigenvalue weighted by Crippen LogP contribution is 2.13. The van der Waals surface area contributed by atoms with E-state index >= 15 is 0 Å². The number of benzene rings is 1. The average molecular weight is 216 g/mol. The number of hydrogen-bond acceptors (Lipinski definition) is 3. The smallest absolute Gasteiger partial charge is 0.138 e. The first-order chi connectivity index (χ1) is 7.79. The van der Waals surface area contributed by atoms with Gasteiger partial charge in [0.25, 0.3) is 0 Å². The summed E-state index contributed by atoms with van der Waals surface area (Å²) in [6.07, 6.45) is 4.34. The zero-order valence-corrected chi connectivity index (χ0v) is 9.59. The van der Waals surface area contributed by atoms with Gasteiger partial charge in [-0.3, -0.25) is 0 Å². The Hall–Kier alpha value is -1.84. The molecule has 2 aromatic rings. The van der Waals surface area contributed by atoms with E-state index < -0.39 is 0 Å². The maximum absolute atomic E-state index is 4.08. The lowest BCUT2D eigenvalue weighted by Crippen LogP contribution is -2.13. The van der Waals surface area contributed by atoms with Crippen molar-refractivity contribution in [2.45, 2.75) is 26.3 Å². The van der Waals surface area contributed by atoms with E-state index in [1.54, 1.807) is 11.0 Å². The van der Waals surface area contributed by atoms with Crippen LogP contribution in [0.1, 0.15) is 20.3 Å². The van der Waals surface area contributed by atoms with Crippen molar-refractivity contribution in [3.63, 3.8) is 0 Å². The number of nitrogens with zero attached hydrogens (tertiary/aromatic N) is 3. The molecule has 2 rings (SSSR count). The van der Waals surface area contributed by atoms with Crippen LogP contribution >= 0.6 is 0 Å². The van der Waals surface area contributed by atoms with Gasteiger partial charge >= 0.3 is 0 Å². The molecule has 1 unspecified atom stereocenters. The summed E-state index contributed by atoms with van der Waals surface area (Å²) in [5, 5.41) is 7.50. The predicted octanol–water partition coefficient (Wildman–Crippen LogP) is 2.48. The third kappa shape index (κ3) is 2.39. The van der Waals surface area contributed by atoms with Gasteiger partial charge < -0.3 is 5.32 Å². The highest BCUT2D eigenvalue weighted by Gasteiger charge is 2.00. The molecular weight excluding hydrogens is 200 g/mol. The lowest BCUT2D eigenvalue weighted by Gasteiger charge is -2.13. The maximum Gasteiger partial charge on any atom is 0.138 e. The van der Waals surface area contributed by atoms with Gasteiger partial charge in [-0.25, -0.2) is 9.67 Å². The number of aromatic nitrogens is 3. The molecule has 1 heterocycles. The second-order valence-corrected chi connectivity index (χ2v) is 3.84. The van der Waals surface area contributed by atoms with Crippen molar-refractivity contribution in [3.05, 3.63) is 36.9 Å². The Morgan fingerprint density at radius 3 is 2.62 bits per heavy atom. The van der Waals surface area contributed by atoms with E-state index in [-0.39, 0.29) is 0 Å². The molecule has 0 spiro atoms. The molecule has 4 heteroatoms. The van der Waals surface area contributed by atoms with Crippen LogP contribution in [0.5, 0.6) is 0 Å². The van der Waals surface area contributed by atoms with Crippen molar-refractivity contribution in [1.82, 2.24) is 14.8 Å². The van der Waals surface area contributed by atoms with E-state index in [1.807, 2.05) is 12.1 Å². The molecule has 0 aliphatic rings. The summed E-state index contributed by atoms with van der Waals surface area (Å²) in [7, 11) is 0. The van der Waals surface area contributed by atoms with Gasteiger partial charge in [-0.1, -0.05) is 6.92 Å². The van der Waals surface area contributed by atoms with Gasteiger partial charge in [0.2, 0.25) is 0 Å². The van der Waals surface area contributed by atoms with Gasteiger partial charge in [-0.2, -0.15) is 5.10 Å². The van der Waals surface area contributed by atoms with Crippen molar-refractivity contribution >= 4 is 5.69 Å². The van der Waals surface area contributed by atoms with Crippen molar-refractivity contribution in [2.24, 2.45) is 0 Å². The fraction of sp³-hybridized carbons (Fsp3) is 0.333. The van der Waals surface area contributed by atoms with Crippen molar-refractivity contribution in [1.29, 1.82) is 0 Å². The Labute approximate surface area is 95.3 Å². The molecule has 1 aromatic heterocycles. The van der Waals surface area contributed by atoms with Gasteiger partial charge in [0.05, 0.1) is 5.69 Å². The molecule has 84 valence electrons. The summed E-state index contributed by atoms with van der Waals surface area (Å²) in [6.45, 7) is 4.34. The molecule has 0 amide bonds. The topological polar surface area (TPSA) is 42.7 Å². The SMILES string of the molecule is CCC(C)Nc1ccc(-n2cncn2)cc1. The lowest BCUT2D eigenvalue weighted by molar-refractivity contribution is 0.764. The van der Waals surface area contributed by atoms with Crippen LogP contribution in [0.3, 0.4) is 0 Å². The molecule has 0 bridgehead atoms. The second kappa shape index (κ2) is 4.79. The first-order valence-electron chi connectivity index (χ1n) is 5.51. The molecule has 4 nitrogen and oxygen atoms in total. The minimum atomic E-state index is 0.497. The zero-order valence-electron chi connectivity index (χ0n) is 9.59. The van der Waals surface area contributed by atoms with Gasteiger partial charge in [-0.05, 0) is 37.6 Å². The third-order valence-electron chi connectivity index (χ3n) is 2.58. The van der Waals surface area contributed by atoms with E-state index in [1.165, 1.54) is 6.33 Å². The third-order valence-corrected chi connectivity index (χ3v) is 2.58. The standard InChI is InChI=1S/C12H16N4/c1-3-10(2)15-11-4-6-12(7-5-11)16-9-13-8-14-16/h4-10,15H,3H2,1-2H3. The molecule has 1 N–H and O–H groups in total. The van der Waals surface area contributed by atoms with Crippen molar-refractivity contribution in [2.75, 3.05) is 5.32 Å². The molecule has 1 atom stereocenters. The summed E-state index contributed by atoms with van der Waals surface area (Å²) in [6, 6.07) is 8.67. The van der Waals surface area contributed by atoms with Crippen LogP contribution in [0.4, 0.5) is 5.69 Å². The first-order valence-corrected chi connectivity index (χ1v) is 5.51. The summed E-state index contributed by atoms with van der Waals surface area (Å²) in [4.78, 5) is 3.92. The van der Waals surface area contributed by atoms with Crippen LogP contribution in [0.15, 0.2) is 36.9 Å². The van der Waals surface area contributed by atoms with Crippen LogP contribution < -0.4 is 5.32 Å². The van der Waals surface area contributed by atoms with E-state index in [9.17, 15) is 0 Å². The van der Waals surface area contributed by atoms with Crippen LogP contribution in [-0.4, -0.2) is 20.8 Å². The van der Waals surface area contributed by atoms with Gasteiger partial charge in [0.15, 0.2) is 0 Å². The lowest BCUT2D eigenvalue weighted by atomic mass is 10.2. The van der Waals surface area contributed by atoms with Crippen molar-refractivity contribution < 1.29 is 0 Å². The molecule has 0 aliphatic heterocycles. The van der Waals surface area contributed by atoms with Crippen LogP contribution in [0.2, 0.25) is 0 Å². The summed E-state index contributed by atoms with van der Waals surface area (Å²) in [5.74, 6) is 0. The van der Waals surface area contributed by atoms with Gasteiger partial charge in [0, 0.05) is 11.7 Å². The molecule has 0 radical (unpaired) electrons. The van der Waals surface area contributed by atoms with Crippen LogP contribution in [-0.2, 0) is 0 Å². The van der Waals surface area contributed by atoms with Crippen molar-refractivity contribution in [3.8, 4) is 5.69 Å². The largest absolute Gasteiger partial charge is 0.383 e. The fourth-order valence-electron chi connectivity index (χ4n) is 1.44. The highest BCUT2D eigenvalue weighted by molar-refractivity contribution is 5.48. The predicted molar refractivity (Wildman–Crippen MR) is 64.7 cm³/mol. The Kier molecular flexibility index (Phi) is 3.19. The molecule has 1 aromatic carbocycles. The maximum atomic E-state index is 4.08.